The topological polar surface area (TPSA) is 45.4 Å². The Morgan fingerprint density at radius 1 is 1.29 bits per heavy atom. The van der Waals surface area contributed by atoms with Gasteiger partial charge in [-0.25, -0.2) is 0 Å². The molecule has 2 N–H and O–H groups in total. The maximum atomic E-state index is 9.30. The van der Waals surface area contributed by atoms with Crippen LogP contribution in [0.25, 0.3) is 10.9 Å². The largest absolute Gasteiger partial charge is 0.508 e. The number of benzene rings is 1. The first-order valence-corrected chi connectivity index (χ1v) is 4.68. The van der Waals surface area contributed by atoms with Crippen molar-refractivity contribution in [2.45, 2.75) is 20.1 Å². The minimum absolute atomic E-state index is 0.0310. The minimum Gasteiger partial charge on any atom is -0.508 e. The summed E-state index contributed by atoms with van der Waals surface area (Å²) in [5, 5.41) is 19.4. The summed E-state index contributed by atoms with van der Waals surface area (Å²) in [5.74, 6) is 0.259. The van der Waals surface area contributed by atoms with Crippen LogP contribution in [-0.4, -0.2) is 14.8 Å². The van der Waals surface area contributed by atoms with Gasteiger partial charge in [-0.2, -0.15) is 0 Å². The normalized spacial score (nSPS) is 11.0. The molecule has 0 aliphatic carbocycles. The highest BCUT2D eigenvalue weighted by Gasteiger charge is 2.06. The van der Waals surface area contributed by atoms with Crippen molar-refractivity contribution in [2.24, 2.45) is 0 Å². The van der Waals surface area contributed by atoms with Gasteiger partial charge in [-0.3, -0.25) is 0 Å². The quantitative estimate of drug-likeness (QED) is 0.761. The lowest BCUT2D eigenvalue weighted by molar-refractivity contribution is 0.272. The van der Waals surface area contributed by atoms with E-state index < -0.39 is 0 Å². The van der Waals surface area contributed by atoms with Crippen LogP contribution in [0.5, 0.6) is 5.75 Å². The Morgan fingerprint density at radius 3 is 2.71 bits per heavy atom. The number of hydrogen-bond donors (Lipinski definition) is 2. The number of nitrogens with zero attached hydrogens (tertiary/aromatic N) is 1. The van der Waals surface area contributed by atoms with E-state index in [2.05, 4.69) is 0 Å². The third-order valence-electron chi connectivity index (χ3n) is 2.45. The number of aromatic hydroxyl groups is 1. The molecule has 0 unspecified atom stereocenters. The van der Waals surface area contributed by atoms with Crippen LogP contribution in [0.4, 0.5) is 0 Å². The summed E-state index contributed by atoms with van der Waals surface area (Å²) in [6.07, 6.45) is 0. The summed E-state index contributed by atoms with van der Waals surface area (Å²) in [4.78, 5) is 0. The fraction of sp³-hybridized carbons (Fsp3) is 0.273. The first-order chi connectivity index (χ1) is 6.76. The molecule has 0 radical (unpaired) electrons. The SMILES string of the molecule is CCn1c(CO)cc2cc(O)ccc21. The number of fused-ring (bicyclic) bond motifs is 1. The van der Waals surface area contributed by atoms with E-state index in [0.717, 1.165) is 23.1 Å². The number of phenols is 1. The fourth-order valence-corrected chi connectivity index (χ4v) is 1.82. The Balaban J connectivity index is 2.73. The number of aryl methyl sites for hydroxylation is 1. The highest BCUT2D eigenvalue weighted by molar-refractivity contribution is 5.82. The van der Waals surface area contributed by atoms with Gasteiger partial charge >= 0.3 is 0 Å². The molecular formula is C11H13NO2. The van der Waals surface area contributed by atoms with Crippen LogP contribution in [-0.2, 0) is 13.2 Å². The van der Waals surface area contributed by atoms with Crippen LogP contribution in [0.2, 0.25) is 0 Å². The van der Waals surface area contributed by atoms with Crippen LogP contribution >= 0.6 is 0 Å². The predicted octanol–water partition coefficient (Wildman–Crippen LogP) is 1.86. The van der Waals surface area contributed by atoms with E-state index in [-0.39, 0.29) is 12.4 Å². The maximum Gasteiger partial charge on any atom is 0.116 e. The zero-order valence-corrected chi connectivity index (χ0v) is 8.07. The number of phenolic OH excluding ortho intramolecular Hbond substituents is 1. The maximum absolute atomic E-state index is 9.30. The van der Waals surface area contributed by atoms with Crippen molar-refractivity contribution in [2.75, 3.05) is 0 Å². The van der Waals surface area contributed by atoms with Crippen LogP contribution in [0.3, 0.4) is 0 Å². The second kappa shape index (κ2) is 3.35. The molecule has 0 spiro atoms. The number of aromatic nitrogens is 1. The number of aliphatic hydroxyl groups is 1. The lowest BCUT2D eigenvalue weighted by Crippen LogP contribution is -1.99. The summed E-state index contributed by atoms with van der Waals surface area (Å²) in [6.45, 7) is 2.89. The van der Waals surface area contributed by atoms with Crippen molar-refractivity contribution >= 4 is 10.9 Å². The molecule has 14 heavy (non-hydrogen) atoms. The predicted molar refractivity (Wildman–Crippen MR) is 55.2 cm³/mol. The third kappa shape index (κ3) is 1.26. The Bertz CT molecular complexity index is 460. The van der Waals surface area contributed by atoms with E-state index in [9.17, 15) is 5.11 Å². The van der Waals surface area contributed by atoms with Gasteiger partial charge < -0.3 is 14.8 Å². The molecule has 0 saturated carbocycles. The minimum atomic E-state index is 0.0310. The molecule has 0 fully saturated rings. The summed E-state index contributed by atoms with van der Waals surface area (Å²) in [5.41, 5.74) is 1.93. The van der Waals surface area contributed by atoms with Crippen LogP contribution < -0.4 is 0 Å². The number of rotatable bonds is 2. The average Bonchev–Trinajstić information content (AvgIpc) is 2.54. The molecule has 0 bridgehead atoms. The Morgan fingerprint density at radius 2 is 2.07 bits per heavy atom. The molecule has 3 nitrogen and oxygen atoms in total. The molecule has 0 saturated heterocycles. The van der Waals surface area contributed by atoms with Crippen molar-refractivity contribution in [3.8, 4) is 5.75 Å². The lowest BCUT2D eigenvalue weighted by atomic mass is 10.2. The van der Waals surface area contributed by atoms with E-state index in [0.29, 0.717) is 0 Å². The van der Waals surface area contributed by atoms with Gasteiger partial charge in [0.1, 0.15) is 5.75 Å². The van der Waals surface area contributed by atoms with Crippen molar-refractivity contribution < 1.29 is 10.2 Å². The van der Waals surface area contributed by atoms with Gasteiger partial charge in [0.15, 0.2) is 0 Å². The summed E-state index contributed by atoms with van der Waals surface area (Å²) in [6, 6.07) is 7.14. The monoisotopic (exact) mass is 191 g/mol. The highest BCUT2D eigenvalue weighted by Crippen LogP contribution is 2.23. The van der Waals surface area contributed by atoms with Gasteiger partial charge in [0.2, 0.25) is 0 Å². The van der Waals surface area contributed by atoms with Gasteiger partial charge in [-0.05, 0) is 31.2 Å². The van der Waals surface area contributed by atoms with Crippen molar-refractivity contribution in [3.05, 3.63) is 30.0 Å². The van der Waals surface area contributed by atoms with Crippen molar-refractivity contribution in [1.29, 1.82) is 0 Å². The van der Waals surface area contributed by atoms with Gasteiger partial charge in [0.25, 0.3) is 0 Å². The highest BCUT2D eigenvalue weighted by atomic mass is 16.3. The van der Waals surface area contributed by atoms with E-state index >= 15 is 0 Å². The summed E-state index contributed by atoms with van der Waals surface area (Å²) >= 11 is 0. The molecule has 2 rings (SSSR count). The van der Waals surface area contributed by atoms with Gasteiger partial charge in [-0.15, -0.1) is 0 Å². The average molecular weight is 191 g/mol. The molecule has 0 aliphatic heterocycles. The van der Waals surface area contributed by atoms with E-state index in [1.165, 1.54) is 0 Å². The van der Waals surface area contributed by atoms with Gasteiger partial charge in [0.05, 0.1) is 6.61 Å². The Labute approximate surface area is 82.2 Å². The second-order valence-corrected chi connectivity index (χ2v) is 3.28. The molecule has 2 aromatic rings. The smallest absolute Gasteiger partial charge is 0.116 e. The zero-order valence-electron chi connectivity index (χ0n) is 8.07. The molecule has 1 heterocycles. The Hall–Kier alpha value is -1.48. The third-order valence-corrected chi connectivity index (χ3v) is 2.45. The molecule has 0 amide bonds. The van der Waals surface area contributed by atoms with Gasteiger partial charge in [0, 0.05) is 23.1 Å². The number of hydrogen-bond acceptors (Lipinski definition) is 2. The van der Waals surface area contributed by atoms with Crippen LogP contribution in [0, 0.1) is 0 Å². The van der Waals surface area contributed by atoms with E-state index in [1.807, 2.05) is 23.6 Å². The van der Waals surface area contributed by atoms with Crippen molar-refractivity contribution in [1.82, 2.24) is 4.57 Å². The molecule has 74 valence electrons. The lowest BCUT2D eigenvalue weighted by Gasteiger charge is -2.04. The molecule has 1 aromatic heterocycles. The molecule has 3 heteroatoms. The molecule has 1 aromatic carbocycles. The van der Waals surface area contributed by atoms with Crippen molar-refractivity contribution in [3.63, 3.8) is 0 Å². The van der Waals surface area contributed by atoms with E-state index in [1.54, 1.807) is 12.1 Å². The molecule has 0 aliphatic rings. The fourth-order valence-electron chi connectivity index (χ4n) is 1.82. The molecule has 0 atom stereocenters. The van der Waals surface area contributed by atoms with Crippen LogP contribution in [0.1, 0.15) is 12.6 Å². The summed E-state index contributed by atoms with van der Waals surface area (Å²) < 4.78 is 2.04. The summed E-state index contributed by atoms with van der Waals surface area (Å²) in [7, 11) is 0. The van der Waals surface area contributed by atoms with E-state index in [4.69, 9.17) is 5.11 Å². The zero-order chi connectivity index (χ0) is 10.1. The molecular weight excluding hydrogens is 178 g/mol. The van der Waals surface area contributed by atoms with Crippen LogP contribution in [0.15, 0.2) is 24.3 Å². The van der Waals surface area contributed by atoms with Gasteiger partial charge in [-0.1, -0.05) is 0 Å². The standard InChI is InChI=1S/C11H13NO2/c1-2-12-9(7-13)5-8-6-10(14)3-4-11(8)12/h3-6,13-14H,2,7H2,1H3. The Kier molecular flexibility index (Phi) is 2.17. The first-order valence-electron chi connectivity index (χ1n) is 4.68. The first kappa shape index (κ1) is 9.09. The second-order valence-electron chi connectivity index (χ2n) is 3.28. The number of aliphatic hydroxyl groups excluding tert-OH is 1.